The highest BCUT2D eigenvalue weighted by atomic mass is 16.5. The molecule has 20 heavy (non-hydrogen) atoms. The van der Waals surface area contributed by atoms with Crippen molar-refractivity contribution in [1.82, 2.24) is 0 Å². The van der Waals surface area contributed by atoms with Crippen molar-refractivity contribution < 1.29 is 4.74 Å². The van der Waals surface area contributed by atoms with Crippen molar-refractivity contribution in [2.24, 2.45) is 0 Å². The van der Waals surface area contributed by atoms with Crippen LogP contribution in [0.3, 0.4) is 0 Å². The number of rotatable bonds is 3. The maximum Gasteiger partial charge on any atom is 0.119 e. The molecule has 2 heteroatoms. The minimum absolute atomic E-state index is 0.215. The van der Waals surface area contributed by atoms with Gasteiger partial charge in [-0.1, -0.05) is 30.3 Å². The minimum Gasteiger partial charge on any atom is -0.491 e. The Labute approximate surface area is 120 Å². The van der Waals surface area contributed by atoms with E-state index in [1.54, 1.807) is 0 Å². The smallest absolute Gasteiger partial charge is 0.119 e. The lowest BCUT2D eigenvalue weighted by molar-refractivity contribution is 0.242. The number of fused-ring (bicyclic) bond motifs is 1. The summed E-state index contributed by atoms with van der Waals surface area (Å²) in [5.41, 5.74) is 5.26. The van der Waals surface area contributed by atoms with Gasteiger partial charge < -0.3 is 10.1 Å². The molecule has 0 saturated carbocycles. The molecule has 1 heterocycles. The number of hydrogen-bond donors (Lipinski definition) is 1. The van der Waals surface area contributed by atoms with Crippen LogP contribution in [-0.2, 0) is 6.42 Å². The molecule has 0 spiro atoms. The van der Waals surface area contributed by atoms with Gasteiger partial charge in [0.05, 0.1) is 6.10 Å². The molecular formula is C18H21NO. The Kier molecular flexibility index (Phi) is 3.64. The Balaban J connectivity index is 1.93. The molecule has 0 saturated heterocycles. The van der Waals surface area contributed by atoms with Crippen LogP contribution < -0.4 is 10.1 Å². The fraction of sp³-hybridized carbons (Fsp3) is 0.333. The van der Waals surface area contributed by atoms with Gasteiger partial charge in [0.1, 0.15) is 5.75 Å². The molecule has 0 radical (unpaired) electrons. The second-order valence-electron chi connectivity index (χ2n) is 5.56. The van der Waals surface area contributed by atoms with Crippen molar-refractivity contribution in [2.75, 3.05) is 11.9 Å². The quantitative estimate of drug-likeness (QED) is 0.884. The first-order valence-corrected chi connectivity index (χ1v) is 7.37. The summed E-state index contributed by atoms with van der Waals surface area (Å²) in [5.74, 6) is 0.932. The minimum atomic E-state index is 0.215. The van der Waals surface area contributed by atoms with E-state index in [1.807, 2.05) is 13.8 Å². The second kappa shape index (κ2) is 5.58. The fourth-order valence-corrected chi connectivity index (χ4v) is 2.74. The first-order chi connectivity index (χ1) is 9.74. The Morgan fingerprint density at radius 3 is 2.60 bits per heavy atom. The van der Waals surface area contributed by atoms with Gasteiger partial charge in [0, 0.05) is 17.8 Å². The summed E-state index contributed by atoms with van der Waals surface area (Å²) in [6, 6.07) is 15.0. The molecule has 1 aliphatic heterocycles. The molecule has 2 aromatic carbocycles. The van der Waals surface area contributed by atoms with Gasteiger partial charge >= 0.3 is 0 Å². The molecule has 2 nitrogen and oxygen atoms in total. The zero-order valence-electron chi connectivity index (χ0n) is 12.1. The van der Waals surface area contributed by atoms with E-state index in [9.17, 15) is 0 Å². The molecule has 2 aromatic rings. The summed E-state index contributed by atoms with van der Waals surface area (Å²) in [6.07, 6.45) is 2.61. The van der Waals surface area contributed by atoms with Gasteiger partial charge in [0.25, 0.3) is 0 Å². The summed E-state index contributed by atoms with van der Waals surface area (Å²) in [5, 5.41) is 3.55. The van der Waals surface area contributed by atoms with E-state index in [-0.39, 0.29) is 6.10 Å². The van der Waals surface area contributed by atoms with Crippen molar-refractivity contribution in [3.05, 3.63) is 48.0 Å². The lowest BCUT2D eigenvalue weighted by atomic mass is 9.95. The molecule has 104 valence electrons. The van der Waals surface area contributed by atoms with E-state index in [1.165, 1.54) is 35.2 Å². The third-order valence-corrected chi connectivity index (χ3v) is 3.61. The molecule has 0 amide bonds. The fourth-order valence-electron chi connectivity index (χ4n) is 2.74. The molecule has 0 aliphatic carbocycles. The van der Waals surface area contributed by atoms with Crippen LogP contribution in [0.1, 0.15) is 25.8 Å². The van der Waals surface area contributed by atoms with E-state index in [2.05, 4.69) is 47.8 Å². The highest BCUT2D eigenvalue weighted by molar-refractivity contribution is 5.81. The molecule has 1 N–H and O–H groups in total. The van der Waals surface area contributed by atoms with Crippen LogP contribution in [0.25, 0.3) is 11.1 Å². The molecule has 3 rings (SSSR count). The monoisotopic (exact) mass is 267 g/mol. The Hall–Kier alpha value is -1.96. The number of nitrogens with one attached hydrogen (secondary N) is 1. The number of para-hydroxylation sites is 1. The van der Waals surface area contributed by atoms with Crippen LogP contribution in [-0.4, -0.2) is 12.6 Å². The predicted octanol–water partition coefficient (Wildman–Crippen LogP) is 4.50. The molecule has 0 aromatic heterocycles. The molecule has 0 fully saturated rings. The molecule has 0 atom stereocenters. The van der Waals surface area contributed by atoms with E-state index < -0.39 is 0 Å². The predicted molar refractivity (Wildman–Crippen MR) is 84.5 cm³/mol. The van der Waals surface area contributed by atoms with E-state index in [0.717, 1.165) is 12.3 Å². The van der Waals surface area contributed by atoms with Crippen LogP contribution in [0.5, 0.6) is 5.75 Å². The first-order valence-electron chi connectivity index (χ1n) is 7.37. The highest BCUT2D eigenvalue weighted by Gasteiger charge is 2.13. The standard InChI is InChI=1S/C18H21NO/c1-13(2)20-16-10-8-14(9-11-16)17-7-3-5-15-6-4-12-19-18(15)17/h3,5,7-11,13,19H,4,6,12H2,1-2H3. The van der Waals surface area contributed by atoms with Crippen LogP contribution in [0.15, 0.2) is 42.5 Å². The molecule has 0 unspecified atom stereocenters. The molecule has 1 aliphatic rings. The normalized spacial score (nSPS) is 13.8. The third kappa shape index (κ3) is 2.64. The third-order valence-electron chi connectivity index (χ3n) is 3.61. The van der Waals surface area contributed by atoms with Gasteiger partial charge in [0.15, 0.2) is 0 Å². The first kappa shape index (κ1) is 13.0. The highest BCUT2D eigenvalue weighted by Crippen LogP contribution is 2.34. The van der Waals surface area contributed by atoms with Gasteiger partial charge in [-0.3, -0.25) is 0 Å². The Bertz CT molecular complexity index is 587. The van der Waals surface area contributed by atoms with Gasteiger partial charge in [-0.15, -0.1) is 0 Å². The average Bonchev–Trinajstić information content (AvgIpc) is 2.47. The van der Waals surface area contributed by atoms with Gasteiger partial charge in [-0.05, 0) is 49.9 Å². The van der Waals surface area contributed by atoms with Crippen molar-refractivity contribution in [1.29, 1.82) is 0 Å². The topological polar surface area (TPSA) is 21.3 Å². The summed E-state index contributed by atoms with van der Waals surface area (Å²) in [6.45, 7) is 5.16. The van der Waals surface area contributed by atoms with E-state index in [4.69, 9.17) is 4.74 Å². The van der Waals surface area contributed by atoms with Crippen molar-refractivity contribution in [3.8, 4) is 16.9 Å². The van der Waals surface area contributed by atoms with Crippen LogP contribution in [0.2, 0.25) is 0 Å². The lowest BCUT2D eigenvalue weighted by Gasteiger charge is -2.21. The van der Waals surface area contributed by atoms with Crippen LogP contribution >= 0.6 is 0 Å². The second-order valence-corrected chi connectivity index (χ2v) is 5.56. The summed E-state index contributed by atoms with van der Waals surface area (Å²) in [7, 11) is 0. The average molecular weight is 267 g/mol. The van der Waals surface area contributed by atoms with Crippen molar-refractivity contribution in [2.45, 2.75) is 32.8 Å². The maximum absolute atomic E-state index is 5.70. The largest absolute Gasteiger partial charge is 0.491 e. The Morgan fingerprint density at radius 1 is 1.05 bits per heavy atom. The maximum atomic E-state index is 5.70. The van der Waals surface area contributed by atoms with Crippen LogP contribution in [0.4, 0.5) is 5.69 Å². The summed E-state index contributed by atoms with van der Waals surface area (Å²) < 4.78 is 5.70. The van der Waals surface area contributed by atoms with Gasteiger partial charge in [-0.25, -0.2) is 0 Å². The number of ether oxygens (including phenoxy) is 1. The number of aryl methyl sites for hydroxylation is 1. The van der Waals surface area contributed by atoms with Crippen molar-refractivity contribution >= 4 is 5.69 Å². The lowest BCUT2D eigenvalue weighted by Crippen LogP contribution is -2.12. The van der Waals surface area contributed by atoms with E-state index in [0.29, 0.717) is 0 Å². The number of benzene rings is 2. The Morgan fingerprint density at radius 2 is 1.85 bits per heavy atom. The SMILES string of the molecule is CC(C)Oc1ccc(-c2cccc3c2NCCC3)cc1. The zero-order chi connectivity index (χ0) is 13.9. The molecule has 0 bridgehead atoms. The molecular weight excluding hydrogens is 246 g/mol. The van der Waals surface area contributed by atoms with Crippen LogP contribution in [0, 0.1) is 0 Å². The number of anilines is 1. The van der Waals surface area contributed by atoms with E-state index >= 15 is 0 Å². The summed E-state index contributed by atoms with van der Waals surface area (Å²) in [4.78, 5) is 0. The number of hydrogen-bond acceptors (Lipinski definition) is 2. The van der Waals surface area contributed by atoms with Crippen molar-refractivity contribution in [3.63, 3.8) is 0 Å². The van der Waals surface area contributed by atoms with Gasteiger partial charge in [0.2, 0.25) is 0 Å². The summed E-state index contributed by atoms with van der Waals surface area (Å²) >= 11 is 0. The van der Waals surface area contributed by atoms with Gasteiger partial charge in [-0.2, -0.15) is 0 Å². The zero-order valence-corrected chi connectivity index (χ0v) is 12.1.